The number of hydrogen-bond acceptors (Lipinski definition) is 6. The van der Waals surface area contributed by atoms with Gasteiger partial charge in [0.15, 0.2) is 11.4 Å². The molecule has 0 aliphatic heterocycles. The highest BCUT2D eigenvalue weighted by Gasteiger charge is 2.25. The van der Waals surface area contributed by atoms with Gasteiger partial charge in [0.1, 0.15) is 0 Å². The van der Waals surface area contributed by atoms with E-state index in [0.717, 1.165) is 27.9 Å². The number of aromatic nitrogens is 3. The number of nitrogens with zero attached hydrogens (tertiary/aromatic N) is 4. The minimum atomic E-state index is -1.18. The lowest BCUT2D eigenvalue weighted by Crippen LogP contribution is -2.25. The van der Waals surface area contributed by atoms with Crippen molar-refractivity contribution < 1.29 is 19.4 Å². The predicted molar refractivity (Wildman–Crippen MR) is 175 cm³/mol. The van der Waals surface area contributed by atoms with Crippen molar-refractivity contribution >= 4 is 23.3 Å². The first-order valence-electron chi connectivity index (χ1n) is 14.7. The van der Waals surface area contributed by atoms with Crippen molar-refractivity contribution in [2.24, 2.45) is 0 Å². The van der Waals surface area contributed by atoms with E-state index in [0.29, 0.717) is 35.8 Å². The van der Waals surface area contributed by atoms with Crippen LogP contribution in [0.2, 0.25) is 0 Å². The van der Waals surface area contributed by atoms with Gasteiger partial charge in [-0.1, -0.05) is 92.7 Å². The van der Waals surface area contributed by atoms with Crippen LogP contribution < -0.4 is 15.0 Å². The minimum absolute atomic E-state index is 0.184. The maximum absolute atomic E-state index is 13.8. The van der Waals surface area contributed by atoms with Crippen molar-refractivity contribution in [1.82, 2.24) is 15.0 Å². The molecule has 1 amide bonds. The largest absolute Gasteiger partial charge is 0.492 e. The molecule has 1 heterocycles. The molecule has 0 aliphatic rings. The van der Waals surface area contributed by atoms with Gasteiger partial charge in [0.25, 0.3) is 5.91 Å². The molecule has 0 fully saturated rings. The van der Waals surface area contributed by atoms with Crippen molar-refractivity contribution in [2.45, 2.75) is 46.2 Å². The summed E-state index contributed by atoms with van der Waals surface area (Å²) in [5.41, 5.74) is 6.06. The van der Waals surface area contributed by atoms with Crippen LogP contribution in [0.4, 0.5) is 11.4 Å². The highest BCUT2D eigenvalue weighted by molar-refractivity contribution is 6.06. The molecule has 0 spiro atoms. The molecule has 0 bridgehead atoms. The number of nitrogens with one attached hydrogen (secondary N) is 1. The number of anilines is 2. The number of aryl methyl sites for hydroxylation is 1. The zero-order chi connectivity index (χ0) is 32.1. The smallest absolute Gasteiger partial charge is 0.358 e. The van der Waals surface area contributed by atoms with E-state index < -0.39 is 5.97 Å². The lowest BCUT2D eigenvalue weighted by atomic mass is 9.86. The number of aromatic carboxylic acids is 1. The average Bonchev–Trinajstić information content (AvgIpc) is 3.52. The Hall–Kier alpha value is -5.44. The Morgan fingerprint density at radius 1 is 0.911 bits per heavy atom. The first-order chi connectivity index (χ1) is 21.5. The number of rotatable bonds is 10. The van der Waals surface area contributed by atoms with E-state index in [2.05, 4.69) is 71.6 Å². The van der Waals surface area contributed by atoms with Crippen molar-refractivity contribution in [1.29, 1.82) is 0 Å². The maximum atomic E-state index is 13.8. The number of carbonyl (C=O) groups is 2. The number of carbonyl (C=O) groups excluding carboxylic acids is 1. The molecule has 9 nitrogen and oxygen atoms in total. The van der Waals surface area contributed by atoms with Crippen LogP contribution in [0, 0.1) is 6.92 Å². The first-order valence-corrected chi connectivity index (χ1v) is 14.7. The molecule has 45 heavy (non-hydrogen) atoms. The molecule has 0 saturated carbocycles. The summed E-state index contributed by atoms with van der Waals surface area (Å²) in [6.07, 6.45) is 1.32. The summed E-state index contributed by atoms with van der Waals surface area (Å²) in [6, 6.07) is 29.8. The number of hydrogen-bond donors (Lipinski definition) is 2. The standard InChI is InChI=1S/C36H37N5O4/c1-24-16-17-27(18-31(24)41-23-30(35(43)44)38-39-41)34(42)37-29-19-28(36(2,3)4)20-32(33(29)45-5)40(21-25-12-8-6-9-13-25)22-26-14-10-7-11-15-26/h6-20,23H,21-22H2,1-5H3,(H,37,42)(H,43,44). The zero-order valence-electron chi connectivity index (χ0n) is 26.1. The fourth-order valence-corrected chi connectivity index (χ4v) is 5.09. The Labute approximate surface area is 263 Å². The van der Waals surface area contributed by atoms with E-state index in [4.69, 9.17) is 4.74 Å². The van der Waals surface area contributed by atoms with Crippen molar-refractivity contribution in [3.8, 4) is 11.4 Å². The third-order valence-corrected chi connectivity index (χ3v) is 7.59. The van der Waals surface area contributed by atoms with Crippen LogP contribution in [0.5, 0.6) is 5.75 Å². The third kappa shape index (κ3) is 7.21. The minimum Gasteiger partial charge on any atom is -0.492 e. The summed E-state index contributed by atoms with van der Waals surface area (Å²) < 4.78 is 7.40. The van der Waals surface area contributed by atoms with Gasteiger partial charge < -0.3 is 20.1 Å². The fourth-order valence-electron chi connectivity index (χ4n) is 5.09. The molecule has 230 valence electrons. The summed E-state index contributed by atoms with van der Waals surface area (Å²) in [6.45, 7) is 9.53. The summed E-state index contributed by atoms with van der Waals surface area (Å²) in [4.78, 5) is 27.4. The molecule has 0 unspecified atom stereocenters. The second kappa shape index (κ2) is 13.1. The Balaban J connectivity index is 1.56. The Bertz CT molecular complexity index is 1770. The number of ether oxygens (including phenoxy) is 1. The van der Waals surface area contributed by atoms with E-state index in [1.165, 1.54) is 10.9 Å². The lowest BCUT2D eigenvalue weighted by Gasteiger charge is -2.31. The van der Waals surface area contributed by atoms with Gasteiger partial charge in [0.05, 0.1) is 30.4 Å². The first kappa shape index (κ1) is 31.0. The third-order valence-electron chi connectivity index (χ3n) is 7.59. The van der Waals surface area contributed by atoms with Gasteiger partial charge in [0, 0.05) is 18.7 Å². The summed E-state index contributed by atoms with van der Waals surface area (Å²) in [5, 5.41) is 20.0. The number of methoxy groups -OCH3 is 1. The van der Waals surface area contributed by atoms with Gasteiger partial charge in [-0.15, -0.1) is 5.10 Å². The van der Waals surface area contributed by atoms with Crippen LogP contribution in [0.1, 0.15) is 63.9 Å². The van der Waals surface area contributed by atoms with Crippen LogP contribution in [0.3, 0.4) is 0 Å². The molecule has 5 aromatic rings. The summed E-state index contributed by atoms with van der Waals surface area (Å²) in [5.74, 6) is -0.969. The van der Waals surface area contributed by atoms with Gasteiger partial charge >= 0.3 is 5.97 Å². The number of amides is 1. The normalized spacial score (nSPS) is 11.2. The van der Waals surface area contributed by atoms with Crippen molar-refractivity contribution in [2.75, 3.05) is 17.3 Å². The van der Waals surface area contributed by atoms with Crippen molar-refractivity contribution in [3.05, 3.63) is 131 Å². The van der Waals surface area contributed by atoms with Gasteiger partial charge in [-0.25, -0.2) is 9.48 Å². The summed E-state index contributed by atoms with van der Waals surface area (Å²) >= 11 is 0. The van der Waals surface area contributed by atoms with Crippen molar-refractivity contribution in [3.63, 3.8) is 0 Å². The summed E-state index contributed by atoms with van der Waals surface area (Å²) in [7, 11) is 1.61. The lowest BCUT2D eigenvalue weighted by molar-refractivity contribution is 0.0690. The van der Waals surface area contributed by atoms with Crippen LogP contribution in [0.15, 0.2) is 97.2 Å². The molecular weight excluding hydrogens is 566 g/mol. The highest BCUT2D eigenvalue weighted by Crippen LogP contribution is 2.42. The molecule has 0 aliphatic carbocycles. The van der Waals surface area contributed by atoms with Gasteiger partial charge in [0.2, 0.25) is 0 Å². The maximum Gasteiger partial charge on any atom is 0.358 e. The van der Waals surface area contributed by atoms with Gasteiger partial charge in [-0.2, -0.15) is 0 Å². The van der Waals surface area contributed by atoms with Gasteiger partial charge in [-0.3, -0.25) is 4.79 Å². The second-order valence-electron chi connectivity index (χ2n) is 12.0. The predicted octanol–water partition coefficient (Wildman–Crippen LogP) is 7.04. The molecule has 0 radical (unpaired) electrons. The molecular formula is C36H37N5O4. The fraction of sp³-hybridized carbons (Fsp3) is 0.222. The Morgan fingerprint density at radius 2 is 1.53 bits per heavy atom. The molecule has 1 aromatic heterocycles. The SMILES string of the molecule is COc1c(NC(=O)c2ccc(C)c(-n3cc(C(=O)O)nn3)c2)cc(C(C)(C)C)cc1N(Cc1ccccc1)Cc1ccccc1. The molecule has 9 heteroatoms. The van der Waals surface area contributed by atoms with E-state index in [9.17, 15) is 14.7 Å². The molecule has 0 atom stereocenters. The molecule has 4 aromatic carbocycles. The quantitative estimate of drug-likeness (QED) is 0.176. The van der Waals surface area contributed by atoms with E-state index in [1.54, 1.807) is 25.3 Å². The van der Waals surface area contributed by atoms with Crippen LogP contribution >= 0.6 is 0 Å². The molecule has 0 saturated heterocycles. The van der Waals surface area contributed by atoms with E-state index in [1.807, 2.05) is 49.4 Å². The van der Waals surface area contributed by atoms with Crippen LogP contribution in [0.25, 0.3) is 5.69 Å². The van der Waals surface area contributed by atoms with Crippen LogP contribution in [-0.4, -0.2) is 39.1 Å². The highest BCUT2D eigenvalue weighted by atomic mass is 16.5. The number of carboxylic acid groups (broad SMARTS) is 1. The number of benzene rings is 4. The monoisotopic (exact) mass is 603 g/mol. The second-order valence-corrected chi connectivity index (χ2v) is 12.0. The average molecular weight is 604 g/mol. The van der Waals surface area contributed by atoms with E-state index in [-0.39, 0.29) is 17.0 Å². The Kier molecular flexibility index (Phi) is 8.99. The zero-order valence-corrected chi connectivity index (χ0v) is 26.1. The van der Waals surface area contributed by atoms with Crippen LogP contribution in [-0.2, 0) is 18.5 Å². The van der Waals surface area contributed by atoms with Gasteiger partial charge in [-0.05, 0) is 58.9 Å². The molecule has 5 rings (SSSR count). The number of carboxylic acids is 1. The van der Waals surface area contributed by atoms with E-state index >= 15 is 0 Å². The Morgan fingerprint density at radius 3 is 2.07 bits per heavy atom. The topological polar surface area (TPSA) is 110 Å². The molecule has 2 N–H and O–H groups in total.